The number of carbonyl (C=O) groups excluding carboxylic acids is 1. The first-order valence-corrected chi connectivity index (χ1v) is 11.1. The van der Waals surface area contributed by atoms with Crippen LogP contribution in [0.4, 0.5) is 4.79 Å². The summed E-state index contributed by atoms with van der Waals surface area (Å²) in [5, 5.41) is 0. The molecule has 28 heavy (non-hydrogen) atoms. The van der Waals surface area contributed by atoms with Crippen LogP contribution in [-0.2, 0) is 11.2 Å². The number of aryl methyl sites for hydroxylation is 1. The summed E-state index contributed by atoms with van der Waals surface area (Å²) in [5.74, 6) is 0. The van der Waals surface area contributed by atoms with Gasteiger partial charge in [0.15, 0.2) is 0 Å². The van der Waals surface area contributed by atoms with Crippen molar-refractivity contribution >= 4 is 6.09 Å². The highest BCUT2D eigenvalue weighted by atomic mass is 16.6. The Hall–Kier alpha value is -1.59. The first-order chi connectivity index (χ1) is 13.7. The largest absolute Gasteiger partial charge is 0.450 e. The lowest BCUT2D eigenvalue weighted by Crippen LogP contribution is -2.53. The van der Waals surface area contributed by atoms with Crippen molar-refractivity contribution in [2.24, 2.45) is 0 Å². The van der Waals surface area contributed by atoms with E-state index in [1.807, 2.05) is 11.8 Å². The molecule has 0 radical (unpaired) electrons. The number of hydrogen-bond acceptors (Lipinski definition) is 4. The molecule has 2 aliphatic rings. The predicted molar refractivity (Wildman–Crippen MR) is 114 cm³/mol. The highest BCUT2D eigenvalue weighted by Crippen LogP contribution is 2.23. The lowest BCUT2D eigenvalue weighted by atomic mass is 9.97. The number of piperidine rings is 2. The topological polar surface area (TPSA) is 36.0 Å². The highest BCUT2D eigenvalue weighted by Gasteiger charge is 2.31. The van der Waals surface area contributed by atoms with Gasteiger partial charge < -0.3 is 14.5 Å². The number of carbonyl (C=O) groups is 1. The number of likely N-dealkylation sites (N-methyl/N-ethyl adjacent to an activating group) is 1. The van der Waals surface area contributed by atoms with E-state index in [0.29, 0.717) is 18.7 Å². The van der Waals surface area contributed by atoms with E-state index in [-0.39, 0.29) is 6.09 Å². The molecule has 0 spiro atoms. The van der Waals surface area contributed by atoms with Gasteiger partial charge in [0.05, 0.1) is 6.61 Å². The Kier molecular flexibility index (Phi) is 8.16. The summed E-state index contributed by atoms with van der Waals surface area (Å²) in [6.07, 6.45) is 6.96. The zero-order valence-electron chi connectivity index (χ0n) is 17.7. The standard InChI is InChI=1S/C23H37N3O2/c1-3-28-23(27)26-17-13-21(14-18-26)24(2)22-12-8-16-25(19-22)15-7-11-20-9-5-4-6-10-20/h4-6,9-10,21-22H,3,7-8,11-19H2,1-2H3/t22-/m1/s1. The van der Waals surface area contributed by atoms with Crippen molar-refractivity contribution in [1.29, 1.82) is 0 Å². The Bertz CT molecular complexity index is 587. The average Bonchev–Trinajstić information content (AvgIpc) is 2.74. The third-order valence-corrected chi connectivity index (χ3v) is 6.41. The van der Waals surface area contributed by atoms with Gasteiger partial charge in [0, 0.05) is 31.7 Å². The molecule has 5 heteroatoms. The fraction of sp³-hybridized carbons (Fsp3) is 0.696. The van der Waals surface area contributed by atoms with Crippen molar-refractivity contribution in [3.05, 3.63) is 35.9 Å². The van der Waals surface area contributed by atoms with E-state index in [4.69, 9.17) is 4.74 Å². The summed E-state index contributed by atoms with van der Waals surface area (Å²) in [6, 6.07) is 12.0. The van der Waals surface area contributed by atoms with Gasteiger partial charge in [0.1, 0.15) is 0 Å². The van der Waals surface area contributed by atoms with Gasteiger partial charge in [-0.2, -0.15) is 0 Å². The number of benzene rings is 1. The molecule has 156 valence electrons. The zero-order valence-corrected chi connectivity index (χ0v) is 17.7. The van der Waals surface area contributed by atoms with Gasteiger partial charge in [-0.3, -0.25) is 4.90 Å². The molecule has 2 heterocycles. The molecular weight excluding hydrogens is 350 g/mol. The summed E-state index contributed by atoms with van der Waals surface area (Å²) in [6.45, 7) is 7.58. The van der Waals surface area contributed by atoms with Crippen molar-refractivity contribution in [3.63, 3.8) is 0 Å². The molecule has 1 aromatic carbocycles. The molecule has 3 rings (SSSR count). The van der Waals surface area contributed by atoms with Gasteiger partial charge in [-0.05, 0) is 71.1 Å². The Labute approximate surface area is 170 Å². The molecule has 5 nitrogen and oxygen atoms in total. The maximum Gasteiger partial charge on any atom is 0.409 e. The van der Waals surface area contributed by atoms with Crippen LogP contribution in [0.1, 0.15) is 44.6 Å². The maximum atomic E-state index is 11.9. The second-order valence-electron chi connectivity index (χ2n) is 8.27. The first-order valence-electron chi connectivity index (χ1n) is 11.1. The quantitative estimate of drug-likeness (QED) is 0.716. The minimum absolute atomic E-state index is 0.147. The number of likely N-dealkylation sites (tertiary alicyclic amines) is 2. The van der Waals surface area contributed by atoms with Crippen LogP contribution in [0.5, 0.6) is 0 Å². The highest BCUT2D eigenvalue weighted by molar-refractivity contribution is 5.67. The smallest absolute Gasteiger partial charge is 0.409 e. The van der Waals surface area contributed by atoms with E-state index in [2.05, 4.69) is 47.2 Å². The van der Waals surface area contributed by atoms with Gasteiger partial charge in [-0.15, -0.1) is 0 Å². The Morgan fingerprint density at radius 3 is 2.57 bits per heavy atom. The maximum absolute atomic E-state index is 11.9. The van der Waals surface area contributed by atoms with E-state index in [9.17, 15) is 4.79 Å². The van der Waals surface area contributed by atoms with Gasteiger partial charge >= 0.3 is 6.09 Å². The molecule has 2 saturated heterocycles. The first kappa shape index (κ1) is 21.1. The Morgan fingerprint density at radius 1 is 1.11 bits per heavy atom. The van der Waals surface area contributed by atoms with Gasteiger partial charge in [-0.25, -0.2) is 4.79 Å². The lowest BCUT2D eigenvalue weighted by Gasteiger charge is -2.43. The normalized spacial score (nSPS) is 21.8. The summed E-state index contributed by atoms with van der Waals surface area (Å²) in [5.41, 5.74) is 1.45. The fourth-order valence-corrected chi connectivity index (χ4v) is 4.69. The van der Waals surface area contributed by atoms with Crippen molar-refractivity contribution < 1.29 is 9.53 Å². The molecule has 0 unspecified atom stereocenters. The second kappa shape index (κ2) is 10.8. The molecule has 2 fully saturated rings. The van der Waals surface area contributed by atoms with Crippen molar-refractivity contribution in [2.45, 2.75) is 57.5 Å². The van der Waals surface area contributed by atoms with E-state index in [1.165, 1.54) is 50.9 Å². The molecule has 1 amide bonds. The molecule has 0 N–H and O–H groups in total. The van der Waals surface area contributed by atoms with Gasteiger partial charge in [0.2, 0.25) is 0 Å². The van der Waals surface area contributed by atoms with E-state index in [0.717, 1.165) is 25.9 Å². The molecule has 1 aromatic rings. The van der Waals surface area contributed by atoms with E-state index in [1.54, 1.807) is 0 Å². The summed E-state index contributed by atoms with van der Waals surface area (Å²) < 4.78 is 5.14. The average molecular weight is 388 g/mol. The fourth-order valence-electron chi connectivity index (χ4n) is 4.69. The number of hydrogen-bond donors (Lipinski definition) is 0. The molecule has 0 aromatic heterocycles. The van der Waals surface area contributed by atoms with Crippen LogP contribution < -0.4 is 0 Å². The van der Waals surface area contributed by atoms with Gasteiger partial charge in [0.25, 0.3) is 0 Å². The Morgan fingerprint density at radius 2 is 1.86 bits per heavy atom. The van der Waals surface area contributed by atoms with Crippen LogP contribution >= 0.6 is 0 Å². The van der Waals surface area contributed by atoms with Crippen LogP contribution in [0.2, 0.25) is 0 Å². The third kappa shape index (κ3) is 5.95. The van der Waals surface area contributed by atoms with Crippen molar-refractivity contribution in [3.8, 4) is 0 Å². The van der Waals surface area contributed by atoms with Crippen molar-refractivity contribution in [2.75, 3.05) is 46.4 Å². The minimum atomic E-state index is -0.147. The summed E-state index contributed by atoms with van der Waals surface area (Å²) in [4.78, 5) is 19.0. The van der Waals surface area contributed by atoms with E-state index >= 15 is 0 Å². The molecule has 0 bridgehead atoms. The van der Waals surface area contributed by atoms with Crippen molar-refractivity contribution in [1.82, 2.24) is 14.7 Å². The SMILES string of the molecule is CCOC(=O)N1CCC(N(C)[C@@H]2CCCN(CCCc3ccccc3)C2)CC1. The third-order valence-electron chi connectivity index (χ3n) is 6.41. The molecule has 0 saturated carbocycles. The summed E-state index contributed by atoms with van der Waals surface area (Å²) >= 11 is 0. The van der Waals surface area contributed by atoms with Crippen LogP contribution in [0, 0.1) is 0 Å². The predicted octanol–water partition coefficient (Wildman–Crippen LogP) is 3.64. The monoisotopic (exact) mass is 387 g/mol. The second-order valence-corrected chi connectivity index (χ2v) is 8.27. The van der Waals surface area contributed by atoms with E-state index < -0.39 is 0 Å². The summed E-state index contributed by atoms with van der Waals surface area (Å²) in [7, 11) is 2.29. The zero-order chi connectivity index (χ0) is 19.8. The van der Waals surface area contributed by atoms with Crippen LogP contribution in [0.15, 0.2) is 30.3 Å². The van der Waals surface area contributed by atoms with Crippen LogP contribution in [0.3, 0.4) is 0 Å². The number of nitrogens with zero attached hydrogens (tertiary/aromatic N) is 3. The molecule has 0 aliphatic carbocycles. The molecular formula is C23H37N3O2. The molecule has 2 aliphatic heterocycles. The number of rotatable bonds is 7. The number of ether oxygens (including phenoxy) is 1. The minimum Gasteiger partial charge on any atom is -0.450 e. The lowest BCUT2D eigenvalue weighted by molar-refractivity contribution is 0.0469. The molecule has 1 atom stereocenters. The van der Waals surface area contributed by atoms with Crippen LogP contribution in [-0.4, -0.2) is 79.3 Å². The Balaban J connectivity index is 1.40. The number of amides is 1. The van der Waals surface area contributed by atoms with Gasteiger partial charge in [-0.1, -0.05) is 30.3 Å². The van der Waals surface area contributed by atoms with Crippen LogP contribution in [0.25, 0.3) is 0 Å².